The molecule has 142 valence electrons. The minimum atomic E-state index is -2.07. The normalized spacial score (nSPS) is 28.4. The van der Waals surface area contributed by atoms with Crippen molar-refractivity contribution in [2.45, 2.75) is 78.1 Å². The molecule has 1 aromatic carbocycles. The highest BCUT2D eigenvalue weighted by Gasteiger charge is 2.49. The smallest absolute Gasteiger partial charge is 0.284 e. The van der Waals surface area contributed by atoms with Gasteiger partial charge in [-0.25, -0.2) is 0 Å². The summed E-state index contributed by atoms with van der Waals surface area (Å²) in [5.74, 6) is 1.51. The summed E-state index contributed by atoms with van der Waals surface area (Å²) in [4.78, 5) is 0. The summed E-state index contributed by atoms with van der Waals surface area (Å²) in [6, 6.07) is 7.36. The molecule has 3 unspecified atom stereocenters. The van der Waals surface area contributed by atoms with Crippen LogP contribution >= 0.6 is 0 Å². The first-order chi connectivity index (χ1) is 11.6. The average molecular weight is 367 g/mol. The Labute approximate surface area is 156 Å². The van der Waals surface area contributed by atoms with Crippen molar-refractivity contribution in [1.82, 2.24) is 0 Å². The van der Waals surface area contributed by atoms with Crippen molar-refractivity contribution < 1.29 is 12.9 Å². The molecule has 3 atom stereocenters. The number of hydrogen-bond acceptors (Lipinski definition) is 2. The molecule has 0 heterocycles. The fourth-order valence-electron chi connectivity index (χ4n) is 5.19. The van der Waals surface area contributed by atoms with Gasteiger partial charge >= 0.3 is 11.4 Å². The van der Waals surface area contributed by atoms with Crippen molar-refractivity contribution in [2.24, 2.45) is 11.3 Å². The third-order valence-electron chi connectivity index (χ3n) is 6.49. The first-order valence-corrected chi connectivity index (χ1v) is 10.4. The maximum atomic E-state index is 9.26. The number of fused-ring (bicyclic) bond motifs is 3. The lowest BCUT2D eigenvalue weighted by Crippen LogP contribution is -2.47. The largest absolute Gasteiger partial charge is 0.301 e. The molecule has 1 saturated carbocycles. The third kappa shape index (κ3) is 4.35. The molecule has 0 saturated heterocycles. The maximum absolute atomic E-state index is 9.26. The Bertz CT molecular complexity index is 624. The van der Waals surface area contributed by atoms with Gasteiger partial charge in [-0.15, -0.1) is 0 Å². The van der Waals surface area contributed by atoms with Crippen LogP contribution in [0.1, 0.15) is 82.9 Å². The molecule has 2 aliphatic rings. The molecule has 1 aromatic rings. The molecule has 0 spiro atoms. The van der Waals surface area contributed by atoms with Gasteiger partial charge < -0.3 is 0 Å². The van der Waals surface area contributed by atoms with Crippen molar-refractivity contribution in [1.29, 1.82) is 0 Å². The number of rotatable bonds is 2. The van der Waals surface area contributed by atoms with Crippen LogP contribution in [0.25, 0.3) is 0 Å². The Morgan fingerprint density at radius 3 is 2.44 bits per heavy atom. The van der Waals surface area contributed by atoms with Crippen molar-refractivity contribution in [3.05, 3.63) is 34.9 Å². The van der Waals surface area contributed by atoms with Crippen molar-refractivity contribution in [2.75, 3.05) is 7.11 Å². The van der Waals surface area contributed by atoms with Gasteiger partial charge in [-0.3, -0.25) is 8.74 Å². The molecule has 3 nitrogen and oxygen atoms in total. The van der Waals surface area contributed by atoms with E-state index in [-0.39, 0.29) is 0 Å². The van der Waals surface area contributed by atoms with Crippen molar-refractivity contribution in [3.8, 4) is 0 Å². The molecule has 1 fully saturated rings. The second-order valence-corrected chi connectivity index (χ2v) is 9.57. The highest BCUT2D eigenvalue weighted by Crippen LogP contribution is 2.57. The Morgan fingerprint density at radius 2 is 1.88 bits per heavy atom. The minimum absolute atomic E-state index is 0.421. The summed E-state index contributed by atoms with van der Waals surface area (Å²) in [6.45, 7) is 12.2. The van der Waals surface area contributed by atoms with E-state index in [0.29, 0.717) is 16.7 Å². The van der Waals surface area contributed by atoms with Gasteiger partial charge in [0.2, 0.25) is 0 Å². The highest BCUT2D eigenvalue weighted by atomic mass is 32.2. The van der Waals surface area contributed by atoms with Crippen LogP contribution in [0.15, 0.2) is 18.2 Å². The first kappa shape index (κ1) is 20.6. The van der Waals surface area contributed by atoms with Gasteiger partial charge in [0.1, 0.15) is 0 Å². The topological polar surface area (TPSA) is 46.5 Å². The molecular formula is C21H34O3S. The van der Waals surface area contributed by atoms with Crippen LogP contribution in [0.4, 0.5) is 0 Å². The second-order valence-electron chi connectivity index (χ2n) is 8.81. The van der Waals surface area contributed by atoms with E-state index in [0.717, 1.165) is 13.0 Å². The quantitative estimate of drug-likeness (QED) is 0.692. The lowest BCUT2D eigenvalue weighted by Gasteiger charge is -2.54. The van der Waals surface area contributed by atoms with Crippen LogP contribution in [0.5, 0.6) is 0 Å². The van der Waals surface area contributed by atoms with Gasteiger partial charge in [-0.1, -0.05) is 59.2 Å². The number of benzene rings is 1. The molecule has 0 bridgehead atoms. The fourth-order valence-corrected chi connectivity index (χ4v) is 5.19. The van der Waals surface area contributed by atoms with E-state index in [9.17, 15) is 4.21 Å². The van der Waals surface area contributed by atoms with Gasteiger partial charge in [0.25, 0.3) is 0 Å². The van der Waals surface area contributed by atoms with Crippen LogP contribution in [-0.4, -0.2) is 15.9 Å². The molecule has 0 amide bonds. The summed E-state index contributed by atoms with van der Waals surface area (Å²) in [6.07, 6.45) is 6.87. The molecule has 0 aliphatic heterocycles. The lowest BCUT2D eigenvalue weighted by atomic mass is 9.50. The SMILES string of the molecule is CC(C)c1ccc2c(c1)CCC1C(C)(C)CCCC21C.COS(=O)O. The van der Waals surface area contributed by atoms with E-state index in [2.05, 4.69) is 57.0 Å². The average Bonchev–Trinajstić information content (AvgIpc) is 2.54. The summed E-state index contributed by atoms with van der Waals surface area (Å²) in [5, 5.41) is 0. The van der Waals surface area contributed by atoms with E-state index in [4.69, 9.17) is 4.55 Å². The van der Waals surface area contributed by atoms with Gasteiger partial charge in [0.05, 0.1) is 7.11 Å². The van der Waals surface area contributed by atoms with Crippen LogP contribution in [0.2, 0.25) is 0 Å². The van der Waals surface area contributed by atoms with E-state index in [1.54, 1.807) is 11.1 Å². The van der Waals surface area contributed by atoms with Crippen LogP contribution in [0, 0.1) is 11.3 Å². The van der Waals surface area contributed by atoms with Crippen molar-refractivity contribution >= 4 is 11.4 Å². The van der Waals surface area contributed by atoms with Crippen LogP contribution < -0.4 is 0 Å². The monoisotopic (exact) mass is 366 g/mol. The molecule has 4 heteroatoms. The Kier molecular flexibility index (Phi) is 6.50. The molecule has 0 aromatic heterocycles. The lowest BCUT2D eigenvalue weighted by molar-refractivity contribution is 0.0407. The Balaban J connectivity index is 0.000000399. The van der Waals surface area contributed by atoms with E-state index in [1.807, 2.05) is 0 Å². The minimum Gasteiger partial charge on any atom is -0.284 e. The maximum Gasteiger partial charge on any atom is 0.301 e. The summed E-state index contributed by atoms with van der Waals surface area (Å²) in [5.41, 5.74) is 5.77. The summed E-state index contributed by atoms with van der Waals surface area (Å²) in [7, 11) is 1.15. The third-order valence-corrected chi connectivity index (χ3v) is 6.77. The van der Waals surface area contributed by atoms with Gasteiger partial charge in [0.15, 0.2) is 0 Å². The van der Waals surface area contributed by atoms with E-state index >= 15 is 0 Å². The highest BCUT2D eigenvalue weighted by molar-refractivity contribution is 7.74. The number of hydrogen-bond donors (Lipinski definition) is 1. The zero-order chi connectivity index (χ0) is 18.8. The molecule has 0 radical (unpaired) electrons. The number of aryl methyl sites for hydroxylation is 1. The zero-order valence-corrected chi connectivity index (χ0v) is 17.4. The molecular weight excluding hydrogens is 332 g/mol. The predicted octanol–water partition coefficient (Wildman–Crippen LogP) is 5.61. The Hall–Kier alpha value is -0.710. The summed E-state index contributed by atoms with van der Waals surface area (Å²) >= 11 is -2.07. The van der Waals surface area contributed by atoms with Gasteiger partial charge in [-0.05, 0) is 65.0 Å². The first-order valence-electron chi connectivity index (χ1n) is 9.40. The molecule has 3 rings (SSSR count). The van der Waals surface area contributed by atoms with Crippen LogP contribution in [0.3, 0.4) is 0 Å². The fraction of sp³-hybridized carbons (Fsp3) is 0.714. The van der Waals surface area contributed by atoms with Crippen LogP contribution in [-0.2, 0) is 27.4 Å². The van der Waals surface area contributed by atoms with Crippen molar-refractivity contribution in [3.63, 3.8) is 0 Å². The summed E-state index contributed by atoms with van der Waals surface area (Å²) < 4.78 is 20.6. The molecule has 2 aliphatic carbocycles. The van der Waals surface area contributed by atoms with E-state index < -0.39 is 11.4 Å². The molecule has 25 heavy (non-hydrogen) atoms. The second kappa shape index (κ2) is 7.89. The predicted molar refractivity (Wildman–Crippen MR) is 105 cm³/mol. The van der Waals surface area contributed by atoms with E-state index in [1.165, 1.54) is 37.7 Å². The zero-order valence-electron chi connectivity index (χ0n) is 16.6. The van der Waals surface area contributed by atoms with Gasteiger partial charge in [0, 0.05) is 0 Å². The molecule has 1 N–H and O–H groups in total. The standard InChI is InChI=1S/C20H30.CH4O3S/c1-14(2)15-7-9-17-16(13-15)8-10-18-19(3,4)11-6-12-20(17,18)5;1-4-5(2)3/h7,9,13-14,18H,6,8,10-12H2,1-5H3;1H3,(H,2,3). The Morgan fingerprint density at radius 1 is 1.24 bits per heavy atom. The van der Waals surface area contributed by atoms with Gasteiger partial charge in [-0.2, -0.15) is 4.21 Å².